The number of carbonyl (C=O) groups is 1. The van der Waals surface area contributed by atoms with Crippen LogP contribution in [0, 0.1) is 0 Å². The maximum absolute atomic E-state index is 12.2. The van der Waals surface area contributed by atoms with E-state index in [2.05, 4.69) is 46.0 Å². The summed E-state index contributed by atoms with van der Waals surface area (Å²) < 4.78 is 2.00. The molecule has 3 nitrogen and oxygen atoms in total. The van der Waals surface area contributed by atoms with Crippen LogP contribution < -0.4 is 0 Å². The van der Waals surface area contributed by atoms with E-state index in [1.807, 2.05) is 22.8 Å². The zero-order valence-electron chi connectivity index (χ0n) is 13.1. The molecular weight excluding hydrogens is 266 g/mol. The highest BCUT2D eigenvalue weighted by Gasteiger charge is 2.56. The highest BCUT2D eigenvalue weighted by molar-refractivity contribution is 6.80. The number of aliphatic hydroxyl groups is 1. The number of benzene rings is 1. The average molecular weight is 291 g/mol. The Bertz CT molecular complexity index is 493. The Balaban J connectivity index is 2.22. The number of carbonyl (C=O) groups excluding carboxylic acids is 1. The number of aliphatic hydroxyl groups excluding tert-OH is 1. The predicted octanol–water partition coefficient (Wildman–Crippen LogP) is 2.81. The third kappa shape index (κ3) is 2.42. The van der Waals surface area contributed by atoms with E-state index in [1.54, 1.807) is 0 Å². The van der Waals surface area contributed by atoms with Gasteiger partial charge in [0.1, 0.15) is 0 Å². The van der Waals surface area contributed by atoms with Crippen LogP contribution in [0.25, 0.3) is 0 Å². The average Bonchev–Trinajstić information content (AvgIpc) is 2.37. The van der Waals surface area contributed by atoms with Crippen LogP contribution in [0.3, 0.4) is 0 Å². The molecule has 1 N–H and O–H groups in total. The number of hydrogen-bond donors (Lipinski definition) is 1. The van der Waals surface area contributed by atoms with Crippen molar-refractivity contribution in [2.45, 2.75) is 57.5 Å². The van der Waals surface area contributed by atoms with Crippen molar-refractivity contribution in [1.82, 2.24) is 4.57 Å². The molecule has 1 aliphatic rings. The van der Waals surface area contributed by atoms with E-state index in [-0.39, 0.29) is 17.0 Å². The molecular formula is C16H25NO2Si. The van der Waals surface area contributed by atoms with Crippen molar-refractivity contribution in [2.24, 2.45) is 0 Å². The normalized spacial score (nSPS) is 23.7. The van der Waals surface area contributed by atoms with E-state index < -0.39 is 14.3 Å². The first-order valence-corrected chi connectivity index (χ1v) is 10.2. The monoisotopic (exact) mass is 291 g/mol. The van der Waals surface area contributed by atoms with Gasteiger partial charge in [0, 0.05) is 0 Å². The van der Waals surface area contributed by atoms with Crippen molar-refractivity contribution in [1.29, 1.82) is 0 Å². The third-order valence-corrected chi connectivity index (χ3v) is 10.3. The standard InChI is InChI=1S/C16H25NO2Si/c1-16(2,3)20(4,5)17-13(14(18)15(17)19)11-12-9-7-6-8-10-12/h6-10,13-14,18H,11H2,1-5H3. The number of β-lactam (4-membered cyclic amide) rings is 1. The van der Waals surface area contributed by atoms with Gasteiger partial charge in [-0.1, -0.05) is 64.2 Å². The van der Waals surface area contributed by atoms with Crippen LogP contribution in [0.4, 0.5) is 0 Å². The Morgan fingerprint density at radius 2 is 1.75 bits per heavy atom. The summed E-state index contributed by atoms with van der Waals surface area (Å²) in [4.78, 5) is 12.2. The van der Waals surface area contributed by atoms with Gasteiger partial charge < -0.3 is 9.67 Å². The lowest BCUT2D eigenvalue weighted by Gasteiger charge is -2.57. The van der Waals surface area contributed by atoms with Gasteiger partial charge in [0.2, 0.25) is 5.91 Å². The SMILES string of the molecule is CC(C)(C)[Si](C)(C)N1C(=O)C(O)C1Cc1ccccc1. The number of nitrogens with zero attached hydrogens (tertiary/aromatic N) is 1. The van der Waals surface area contributed by atoms with Crippen molar-refractivity contribution in [2.75, 3.05) is 0 Å². The van der Waals surface area contributed by atoms with E-state index in [4.69, 9.17) is 0 Å². The second-order valence-electron chi connectivity index (χ2n) is 7.22. The van der Waals surface area contributed by atoms with E-state index in [1.165, 1.54) is 5.56 Å². The van der Waals surface area contributed by atoms with Crippen molar-refractivity contribution < 1.29 is 9.90 Å². The van der Waals surface area contributed by atoms with Gasteiger partial charge in [-0.15, -0.1) is 0 Å². The van der Waals surface area contributed by atoms with Gasteiger partial charge in [-0.3, -0.25) is 4.79 Å². The van der Waals surface area contributed by atoms with Gasteiger partial charge in [0.15, 0.2) is 14.3 Å². The summed E-state index contributed by atoms with van der Waals surface area (Å²) in [6.07, 6.45) is -0.0930. The lowest BCUT2D eigenvalue weighted by atomic mass is 9.94. The second kappa shape index (κ2) is 5.01. The van der Waals surface area contributed by atoms with Crippen LogP contribution in [0.5, 0.6) is 0 Å². The van der Waals surface area contributed by atoms with Crippen LogP contribution in [-0.2, 0) is 11.2 Å². The molecule has 0 bridgehead atoms. The van der Waals surface area contributed by atoms with Crippen LogP contribution >= 0.6 is 0 Å². The van der Waals surface area contributed by atoms with Crippen molar-refractivity contribution in [3.05, 3.63) is 35.9 Å². The molecule has 0 saturated carbocycles. The Hall–Kier alpha value is -1.13. The summed E-state index contributed by atoms with van der Waals surface area (Å²) in [6, 6.07) is 10.0. The maximum Gasteiger partial charge on any atom is 0.246 e. The van der Waals surface area contributed by atoms with Crippen molar-refractivity contribution in [3.8, 4) is 0 Å². The molecule has 0 aromatic heterocycles. The lowest BCUT2D eigenvalue weighted by molar-refractivity contribution is -0.157. The lowest BCUT2D eigenvalue weighted by Crippen LogP contribution is -2.75. The predicted molar refractivity (Wildman–Crippen MR) is 84.0 cm³/mol. The minimum Gasteiger partial charge on any atom is -0.381 e. The maximum atomic E-state index is 12.2. The number of rotatable bonds is 3. The summed E-state index contributed by atoms with van der Waals surface area (Å²) in [6.45, 7) is 11.0. The highest BCUT2D eigenvalue weighted by Crippen LogP contribution is 2.43. The molecule has 20 heavy (non-hydrogen) atoms. The molecule has 1 aromatic carbocycles. The Kier molecular flexibility index (Phi) is 3.82. The highest BCUT2D eigenvalue weighted by atomic mass is 28.3. The van der Waals surface area contributed by atoms with Crippen LogP contribution in [0.2, 0.25) is 18.1 Å². The van der Waals surface area contributed by atoms with Gasteiger partial charge in [0.25, 0.3) is 0 Å². The smallest absolute Gasteiger partial charge is 0.246 e. The summed E-state index contributed by atoms with van der Waals surface area (Å²) in [5.74, 6) is -0.0856. The molecule has 1 fully saturated rings. The van der Waals surface area contributed by atoms with Crippen LogP contribution in [-0.4, -0.2) is 36.0 Å². The van der Waals surface area contributed by atoms with Gasteiger partial charge in [-0.2, -0.15) is 0 Å². The van der Waals surface area contributed by atoms with Gasteiger partial charge >= 0.3 is 0 Å². The fourth-order valence-corrected chi connectivity index (χ4v) is 5.11. The molecule has 1 heterocycles. The Morgan fingerprint density at radius 1 is 1.20 bits per heavy atom. The molecule has 2 atom stereocenters. The molecule has 0 spiro atoms. The quantitative estimate of drug-likeness (QED) is 0.687. The van der Waals surface area contributed by atoms with E-state index in [0.717, 1.165) is 6.42 Å². The minimum absolute atomic E-state index is 0.0641. The van der Waals surface area contributed by atoms with Crippen LogP contribution in [0.15, 0.2) is 30.3 Å². The fourth-order valence-electron chi connectivity index (χ4n) is 2.64. The molecule has 1 saturated heterocycles. The molecule has 1 aromatic rings. The van der Waals surface area contributed by atoms with Crippen molar-refractivity contribution >= 4 is 14.1 Å². The molecule has 2 unspecified atom stereocenters. The van der Waals surface area contributed by atoms with E-state index in [0.29, 0.717) is 0 Å². The third-order valence-electron chi connectivity index (χ3n) is 4.91. The topological polar surface area (TPSA) is 40.5 Å². The van der Waals surface area contributed by atoms with Crippen molar-refractivity contribution in [3.63, 3.8) is 0 Å². The summed E-state index contributed by atoms with van der Waals surface area (Å²) >= 11 is 0. The Morgan fingerprint density at radius 3 is 2.25 bits per heavy atom. The molecule has 0 radical (unpaired) electrons. The van der Waals surface area contributed by atoms with Gasteiger partial charge in [-0.05, 0) is 17.0 Å². The number of hydrogen-bond acceptors (Lipinski definition) is 2. The molecule has 110 valence electrons. The summed E-state index contributed by atoms with van der Waals surface area (Å²) in [5.41, 5.74) is 1.17. The number of amides is 1. The first-order chi connectivity index (χ1) is 9.16. The fraction of sp³-hybridized carbons (Fsp3) is 0.562. The van der Waals surface area contributed by atoms with Gasteiger partial charge in [-0.25, -0.2) is 0 Å². The molecule has 0 aliphatic carbocycles. The Labute approximate surface area is 122 Å². The first-order valence-electron chi connectivity index (χ1n) is 7.21. The largest absolute Gasteiger partial charge is 0.381 e. The second-order valence-corrected chi connectivity index (χ2v) is 12.3. The molecule has 2 rings (SSSR count). The summed E-state index contributed by atoms with van der Waals surface area (Å²) in [7, 11) is -1.92. The van der Waals surface area contributed by atoms with E-state index >= 15 is 0 Å². The van der Waals surface area contributed by atoms with E-state index in [9.17, 15) is 9.90 Å². The molecule has 4 heteroatoms. The van der Waals surface area contributed by atoms with Gasteiger partial charge in [0.05, 0.1) is 6.04 Å². The molecule has 1 aliphatic heterocycles. The zero-order valence-corrected chi connectivity index (χ0v) is 14.1. The van der Waals surface area contributed by atoms with Crippen LogP contribution in [0.1, 0.15) is 26.3 Å². The summed E-state index contributed by atoms with van der Waals surface area (Å²) in [5, 5.41) is 10.2. The first kappa shape index (κ1) is 15.3. The minimum atomic E-state index is -1.92. The molecule has 1 amide bonds. The zero-order chi connectivity index (χ0) is 15.1.